The Bertz CT molecular complexity index is 1180. The summed E-state index contributed by atoms with van der Waals surface area (Å²) in [5, 5.41) is 12.4. The number of benzene rings is 2. The molecule has 184 valence electrons. The number of carbonyl (C=O) groups is 2. The lowest BCUT2D eigenvalue weighted by atomic mass is 9.93. The molecule has 3 aliphatic rings. The molecule has 2 fully saturated rings. The van der Waals surface area contributed by atoms with Gasteiger partial charge in [0.05, 0.1) is 26.0 Å². The maximum atomic E-state index is 13.1. The van der Waals surface area contributed by atoms with Gasteiger partial charge in [0.2, 0.25) is 0 Å². The number of hydrogen-bond donors (Lipinski definition) is 2. The minimum Gasteiger partial charge on any atom is -0.493 e. The van der Waals surface area contributed by atoms with Crippen LogP contribution in [0.4, 0.5) is 4.79 Å². The second-order valence-electron chi connectivity index (χ2n) is 9.30. The van der Waals surface area contributed by atoms with Gasteiger partial charge in [0, 0.05) is 48.9 Å². The summed E-state index contributed by atoms with van der Waals surface area (Å²) in [6, 6.07) is 11.6. The van der Waals surface area contributed by atoms with Gasteiger partial charge in [-0.15, -0.1) is 0 Å². The van der Waals surface area contributed by atoms with Crippen LogP contribution in [0.2, 0.25) is 0 Å². The van der Waals surface area contributed by atoms with Gasteiger partial charge in [0.15, 0.2) is 11.5 Å². The highest BCUT2D eigenvalue weighted by Gasteiger charge is 2.40. The average molecular weight is 478 g/mol. The molecule has 3 heterocycles. The number of likely N-dealkylation sites (tertiary alicyclic amines) is 1. The topological polar surface area (TPSA) is 95.5 Å². The molecule has 9 heteroatoms. The molecule has 3 atom stereocenters. The van der Waals surface area contributed by atoms with Crippen LogP contribution in [0, 0.1) is 0 Å². The second-order valence-corrected chi connectivity index (χ2v) is 9.30. The van der Waals surface area contributed by atoms with Crippen LogP contribution in [0.25, 0.3) is 0 Å². The highest BCUT2D eigenvalue weighted by Crippen LogP contribution is 2.35. The summed E-state index contributed by atoms with van der Waals surface area (Å²) in [4.78, 5) is 27.8. The fraction of sp³-hybridized carbons (Fsp3) is 0.423. The van der Waals surface area contributed by atoms with Crippen molar-refractivity contribution in [1.82, 2.24) is 20.5 Å². The van der Waals surface area contributed by atoms with E-state index in [9.17, 15) is 9.59 Å². The lowest BCUT2D eigenvalue weighted by Gasteiger charge is -2.27. The molecule has 2 aromatic carbocycles. The molecule has 2 N–H and O–H groups in total. The van der Waals surface area contributed by atoms with Gasteiger partial charge >= 0.3 is 6.03 Å². The normalized spacial score (nSPS) is 22.9. The van der Waals surface area contributed by atoms with Gasteiger partial charge in [-0.25, -0.2) is 9.80 Å². The minimum absolute atomic E-state index is 0.0563. The first kappa shape index (κ1) is 23.2. The molecular formula is C26H31N5O4. The molecule has 2 saturated heterocycles. The zero-order chi connectivity index (χ0) is 24.7. The number of nitrogens with one attached hydrogen (secondary N) is 2. The van der Waals surface area contributed by atoms with Gasteiger partial charge in [0.1, 0.15) is 0 Å². The number of nitrogens with zero attached hydrogens (tertiary/aromatic N) is 3. The minimum atomic E-state index is -0.286. The lowest BCUT2D eigenvalue weighted by Crippen LogP contribution is -2.46. The van der Waals surface area contributed by atoms with E-state index in [1.54, 1.807) is 21.3 Å². The molecule has 2 aromatic rings. The number of ether oxygens (including phenoxy) is 2. The maximum absolute atomic E-state index is 13.1. The highest BCUT2D eigenvalue weighted by atomic mass is 16.5. The molecule has 2 bridgehead atoms. The first-order chi connectivity index (χ1) is 16.9. The Labute approximate surface area is 205 Å². The van der Waals surface area contributed by atoms with Gasteiger partial charge < -0.3 is 25.0 Å². The van der Waals surface area contributed by atoms with Crippen molar-refractivity contribution in [2.24, 2.45) is 5.10 Å². The van der Waals surface area contributed by atoms with E-state index in [0.717, 1.165) is 36.2 Å². The Kier molecular flexibility index (Phi) is 6.10. The molecule has 9 nitrogen and oxygen atoms in total. The largest absolute Gasteiger partial charge is 0.493 e. The van der Waals surface area contributed by atoms with Gasteiger partial charge in [-0.3, -0.25) is 4.79 Å². The third kappa shape index (κ3) is 4.10. The summed E-state index contributed by atoms with van der Waals surface area (Å²) in [5.74, 6) is 1.27. The Morgan fingerprint density at radius 1 is 1.11 bits per heavy atom. The second kappa shape index (κ2) is 9.22. The van der Waals surface area contributed by atoms with Crippen molar-refractivity contribution in [2.45, 2.75) is 37.9 Å². The average Bonchev–Trinajstić information content (AvgIpc) is 3.49. The fourth-order valence-electron chi connectivity index (χ4n) is 5.29. The monoisotopic (exact) mass is 477 g/mol. The van der Waals surface area contributed by atoms with E-state index in [1.807, 2.05) is 48.2 Å². The molecule has 0 spiro atoms. The summed E-state index contributed by atoms with van der Waals surface area (Å²) < 4.78 is 11.1. The Hall–Kier alpha value is -3.59. The summed E-state index contributed by atoms with van der Waals surface area (Å²) in [7, 11) is 4.79. The number of hydrazone groups is 1. The quantitative estimate of drug-likeness (QED) is 0.704. The van der Waals surface area contributed by atoms with E-state index in [4.69, 9.17) is 14.6 Å². The molecule has 3 aliphatic heterocycles. The van der Waals surface area contributed by atoms with Crippen molar-refractivity contribution in [1.29, 1.82) is 0 Å². The Balaban J connectivity index is 1.54. The number of rotatable bonds is 4. The van der Waals surface area contributed by atoms with E-state index < -0.39 is 0 Å². The summed E-state index contributed by atoms with van der Waals surface area (Å²) in [6.45, 7) is 3.58. The Morgan fingerprint density at radius 2 is 1.83 bits per heavy atom. The van der Waals surface area contributed by atoms with Crippen LogP contribution < -0.4 is 20.1 Å². The van der Waals surface area contributed by atoms with E-state index in [0.29, 0.717) is 35.2 Å². The number of carbonyl (C=O) groups excluding carboxylic acids is 2. The predicted molar refractivity (Wildman–Crippen MR) is 132 cm³/mol. The van der Waals surface area contributed by atoms with Gasteiger partial charge in [-0.05, 0) is 49.6 Å². The van der Waals surface area contributed by atoms with Crippen LogP contribution in [0.1, 0.15) is 40.4 Å². The smallest absolute Gasteiger partial charge is 0.337 e. The third-order valence-corrected chi connectivity index (χ3v) is 7.15. The van der Waals surface area contributed by atoms with Crippen molar-refractivity contribution >= 4 is 17.6 Å². The zero-order valence-electron chi connectivity index (χ0n) is 20.5. The van der Waals surface area contributed by atoms with E-state index in [-0.39, 0.29) is 24.0 Å². The van der Waals surface area contributed by atoms with Crippen LogP contribution in [0.3, 0.4) is 0 Å². The number of piperazine rings is 1. The molecule has 0 aromatic heterocycles. The van der Waals surface area contributed by atoms with Gasteiger partial charge in [-0.2, -0.15) is 5.10 Å². The van der Waals surface area contributed by atoms with Crippen molar-refractivity contribution < 1.29 is 19.1 Å². The third-order valence-electron chi connectivity index (χ3n) is 7.15. The lowest BCUT2D eigenvalue weighted by molar-refractivity contribution is 0.0716. The van der Waals surface area contributed by atoms with Crippen molar-refractivity contribution in [2.75, 3.05) is 34.4 Å². The fourth-order valence-corrected chi connectivity index (χ4v) is 5.29. The molecule has 3 amide bonds. The Morgan fingerprint density at radius 3 is 2.43 bits per heavy atom. The molecule has 0 radical (unpaired) electrons. The van der Waals surface area contributed by atoms with Crippen LogP contribution in [0.5, 0.6) is 11.5 Å². The van der Waals surface area contributed by atoms with E-state index >= 15 is 0 Å². The van der Waals surface area contributed by atoms with Crippen LogP contribution in [-0.2, 0) is 6.42 Å². The molecule has 35 heavy (non-hydrogen) atoms. The van der Waals surface area contributed by atoms with Crippen molar-refractivity contribution in [3.05, 3.63) is 58.7 Å². The van der Waals surface area contributed by atoms with E-state index in [2.05, 4.69) is 10.6 Å². The number of hydrogen-bond acceptors (Lipinski definition) is 6. The zero-order valence-corrected chi connectivity index (χ0v) is 20.5. The first-order valence-corrected chi connectivity index (χ1v) is 11.9. The summed E-state index contributed by atoms with van der Waals surface area (Å²) in [6.07, 6.45) is 1.62. The van der Waals surface area contributed by atoms with Crippen molar-refractivity contribution in [3.8, 4) is 11.5 Å². The predicted octanol–water partition coefficient (Wildman–Crippen LogP) is 2.23. The number of fused-ring (bicyclic) bond motifs is 3. The number of methoxy groups -OCH3 is 2. The number of amides is 3. The number of urea groups is 1. The first-order valence-electron chi connectivity index (χ1n) is 11.9. The van der Waals surface area contributed by atoms with E-state index in [1.165, 1.54) is 5.01 Å². The highest BCUT2D eigenvalue weighted by molar-refractivity contribution is 6.15. The molecular weight excluding hydrogens is 446 g/mol. The van der Waals surface area contributed by atoms with Crippen LogP contribution in [-0.4, -0.2) is 80.0 Å². The maximum Gasteiger partial charge on any atom is 0.337 e. The van der Waals surface area contributed by atoms with Crippen LogP contribution >= 0.6 is 0 Å². The van der Waals surface area contributed by atoms with Gasteiger partial charge in [-0.1, -0.05) is 12.1 Å². The molecule has 0 saturated carbocycles. The standard InChI is InChI=1S/C26H31N5O4/c1-15-9-18-10-22(34-3)23(35-4)12-21(18)24(29-31(15)26(33)27-2)16-5-7-17(8-6-16)25(32)30-14-19-11-20(30)13-28-19/h5-8,10,12,15,19-20,28H,9,11,13-14H2,1-4H3,(H,27,33)/t15?,19-,20-/m0/s1. The summed E-state index contributed by atoms with van der Waals surface area (Å²) in [5.41, 5.74) is 3.96. The van der Waals surface area contributed by atoms with Gasteiger partial charge in [0.25, 0.3) is 5.91 Å². The SMILES string of the molecule is CNC(=O)N1N=C(c2ccc(C(=O)N3C[C@@H]4C[C@H]3CN4)cc2)c2cc(OC)c(OC)cc2CC1C. The summed E-state index contributed by atoms with van der Waals surface area (Å²) >= 11 is 0. The molecule has 1 unspecified atom stereocenters. The van der Waals surface area contributed by atoms with Crippen LogP contribution in [0.15, 0.2) is 41.5 Å². The van der Waals surface area contributed by atoms with Crippen molar-refractivity contribution in [3.63, 3.8) is 0 Å². The molecule has 0 aliphatic carbocycles. The molecule has 5 rings (SSSR count).